The van der Waals surface area contributed by atoms with Gasteiger partial charge in [0.15, 0.2) is 0 Å². The standard InChI is InChI=1S/C15H23N3O3/c1-18(2)9-5-8-16-14(19)11-15(20)17-12-6-4-7-13(10-12)21-3/h4,6-7,10H,5,8-9,11H2,1-3H3,(H,16,19)(H,17,20). The van der Waals surface area contributed by atoms with Gasteiger partial charge in [-0.05, 0) is 39.2 Å². The second-order valence-electron chi connectivity index (χ2n) is 4.96. The van der Waals surface area contributed by atoms with Crippen LogP contribution in [-0.4, -0.2) is 51.0 Å². The lowest BCUT2D eigenvalue weighted by atomic mass is 10.3. The summed E-state index contributed by atoms with van der Waals surface area (Å²) in [4.78, 5) is 25.4. The molecule has 2 N–H and O–H groups in total. The zero-order valence-electron chi connectivity index (χ0n) is 12.8. The fraction of sp³-hybridized carbons (Fsp3) is 0.467. The number of carbonyl (C=O) groups is 2. The number of nitrogens with one attached hydrogen (secondary N) is 2. The quantitative estimate of drug-likeness (QED) is 0.556. The van der Waals surface area contributed by atoms with Crippen molar-refractivity contribution < 1.29 is 14.3 Å². The van der Waals surface area contributed by atoms with Crippen LogP contribution in [0.3, 0.4) is 0 Å². The maximum absolute atomic E-state index is 11.7. The average Bonchev–Trinajstić information content (AvgIpc) is 2.43. The molecule has 1 aromatic rings. The Morgan fingerprint density at radius 1 is 1.24 bits per heavy atom. The zero-order chi connectivity index (χ0) is 15.7. The van der Waals surface area contributed by atoms with E-state index in [9.17, 15) is 9.59 Å². The molecule has 116 valence electrons. The summed E-state index contributed by atoms with van der Waals surface area (Å²) in [6, 6.07) is 7.01. The van der Waals surface area contributed by atoms with Crippen LogP contribution >= 0.6 is 0 Å². The van der Waals surface area contributed by atoms with Crippen molar-refractivity contribution >= 4 is 17.5 Å². The lowest BCUT2D eigenvalue weighted by Crippen LogP contribution is -2.30. The number of amides is 2. The molecule has 0 aromatic heterocycles. The lowest BCUT2D eigenvalue weighted by Gasteiger charge is -2.10. The fourth-order valence-electron chi connectivity index (χ4n) is 1.74. The third-order valence-corrected chi connectivity index (χ3v) is 2.78. The highest BCUT2D eigenvalue weighted by molar-refractivity contribution is 6.03. The topological polar surface area (TPSA) is 70.7 Å². The Morgan fingerprint density at radius 3 is 2.67 bits per heavy atom. The van der Waals surface area contributed by atoms with Crippen molar-refractivity contribution in [3.63, 3.8) is 0 Å². The van der Waals surface area contributed by atoms with Gasteiger partial charge < -0.3 is 20.3 Å². The van der Waals surface area contributed by atoms with Gasteiger partial charge in [-0.25, -0.2) is 0 Å². The van der Waals surface area contributed by atoms with Gasteiger partial charge in [-0.1, -0.05) is 6.07 Å². The molecule has 0 aliphatic carbocycles. The minimum absolute atomic E-state index is 0.181. The van der Waals surface area contributed by atoms with Gasteiger partial charge in [0.05, 0.1) is 7.11 Å². The summed E-state index contributed by atoms with van der Waals surface area (Å²) >= 11 is 0. The number of benzene rings is 1. The van der Waals surface area contributed by atoms with Crippen molar-refractivity contribution in [2.45, 2.75) is 12.8 Å². The third-order valence-electron chi connectivity index (χ3n) is 2.78. The second-order valence-corrected chi connectivity index (χ2v) is 4.96. The van der Waals surface area contributed by atoms with Crippen LogP contribution in [0.1, 0.15) is 12.8 Å². The molecular formula is C15H23N3O3. The molecule has 0 fully saturated rings. The molecule has 0 saturated carbocycles. The van der Waals surface area contributed by atoms with E-state index in [1.807, 2.05) is 19.0 Å². The van der Waals surface area contributed by atoms with Crippen LogP contribution < -0.4 is 15.4 Å². The van der Waals surface area contributed by atoms with E-state index < -0.39 is 0 Å². The van der Waals surface area contributed by atoms with Crippen molar-refractivity contribution in [3.8, 4) is 5.75 Å². The Labute approximate surface area is 125 Å². The van der Waals surface area contributed by atoms with E-state index in [2.05, 4.69) is 10.6 Å². The van der Waals surface area contributed by atoms with E-state index in [0.29, 0.717) is 18.0 Å². The van der Waals surface area contributed by atoms with Gasteiger partial charge in [-0.3, -0.25) is 9.59 Å². The minimum atomic E-state index is -0.339. The first-order valence-electron chi connectivity index (χ1n) is 6.86. The zero-order valence-corrected chi connectivity index (χ0v) is 12.8. The maximum atomic E-state index is 11.7. The molecule has 0 unspecified atom stereocenters. The summed E-state index contributed by atoms with van der Waals surface area (Å²) < 4.78 is 5.07. The van der Waals surface area contributed by atoms with Crippen molar-refractivity contribution in [1.82, 2.24) is 10.2 Å². The van der Waals surface area contributed by atoms with E-state index in [-0.39, 0.29) is 18.2 Å². The summed E-state index contributed by atoms with van der Waals surface area (Å²) in [7, 11) is 5.51. The first kappa shape index (κ1) is 17.0. The number of hydrogen-bond donors (Lipinski definition) is 2. The first-order chi connectivity index (χ1) is 10.0. The summed E-state index contributed by atoms with van der Waals surface area (Å²) in [5.41, 5.74) is 0.611. The lowest BCUT2D eigenvalue weighted by molar-refractivity contribution is -0.126. The first-order valence-corrected chi connectivity index (χ1v) is 6.86. The Hall–Kier alpha value is -2.08. The number of methoxy groups -OCH3 is 1. The van der Waals surface area contributed by atoms with Crippen molar-refractivity contribution in [2.24, 2.45) is 0 Å². The fourth-order valence-corrected chi connectivity index (χ4v) is 1.74. The summed E-state index contributed by atoms with van der Waals surface area (Å²) in [5.74, 6) is 0.0449. The predicted molar refractivity (Wildman–Crippen MR) is 82.4 cm³/mol. The molecule has 0 bridgehead atoms. The summed E-state index contributed by atoms with van der Waals surface area (Å²) in [6.07, 6.45) is 0.676. The van der Waals surface area contributed by atoms with Gasteiger partial charge in [0.25, 0.3) is 0 Å². The van der Waals surface area contributed by atoms with Crippen LogP contribution in [0.5, 0.6) is 5.75 Å². The molecule has 6 nitrogen and oxygen atoms in total. The highest BCUT2D eigenvalue weighted by Crippen LogP contribution is 2.16. The Bertz CT molecular complexity index is 475. The average molecular weight is 293 g/mol. The summed E-state index contributed by atoms with van der Waals surface area (Å²) in [6.45, 7) is 1.47. The molecule has 1 rings (SSSR count). The van der Waals surface area contributed by atoms with Crippen LogP contribution in [0.2, 0.25) is 0 Å². The number of nitrogens with zero attached hydrogens (tertiary/aromatic N) is 1. The predicted octanol–water partition coefficient (Wildman–Crippen LogP) is 1.09. The van der Waals surface area contributed by atoms with E-state index in [0.717, 1.165) is 13.0 Å². The Kier molecular flexibility index (Phi) is 7.25. The van der Waals surface area contributed by atoms with Crippen LogP contribution in [0, 0.1) is 0 Å². The van der Waals surface area contributed by atoms with E-state index in [1.54, 1.807) is 31.4 Å². The van der Waals surface area contributed by atoms with Gasteiger partial charge in [-0.15, -0.1) is 0 Å². The normalized spacial score (nSPS) is 10.3. The summed E-state index contributed by atoms with van der Waals surface area (Å²) in [5, 5.41) is 5.39. The molecule has 0 heterocycles. The van der Waals surface area contributed by atoms with Crippen LogP contribution in [0.4, 0.5) is 5.69 Å². The maximum Gasteiger partial charge on any atom is 0.233 e. The highest BCUT2D eigenvalue weighted by atomic mass is 16.5. The van der Waals surface area contributed by atoms with Crippen LogP contribution in [0.15, 0.2) is 24.3 Å². The van der Waals surface area contributed by atoms with Crippen LogP contribution in [0.25, 0.3) is 0 Å². The molecule has 0 aliphatic rings. The van der Waals surface area contributed by atoms with Crippen molar-refractivity contribution in [2.75, 3.05) is 39.6 Å². The molecule has 0 spiro atoms. The van der Waals surface area contributed by atoms with Gasteiger partial charge >= 0.3 is 0 Å². The molecule has 2 amide bonds. The molecule has 6 heteroatoms. The van der Waals surface area contributed by atoms with Gasteiger partial charge in [-0.2, -0.15) is 0 Å². The largest absolute Gasteiger partial charge is 0.497 e. The number of rotatable bonds is 8. The van der Waals surface area contributed by atoms with Gasteiger partial charge in [0.1, 0.15) is 12.2 Å². The number of ether oxygens (including phenoxy) is 1. The second kappa shape index (κ2) is 8.97. The van der Waals surface area contributed by atoms with E-state index in [4.69, 9.17) is 4.74 Å². The third kappa shape index (κ3) is 7.31. The highest BCUT2D eigenvalue weighted by Gasteiger charge is 2.09. The van der Waals surface area contributed by atoms with E-state index >= 15 is 0 Å². The van der Waals surface area contributed by atoms with E-state index in [1.165, 1.54) is 0 Å². The number of hydrogen-bond acceptors (Lipinski definition) is 4. The monoisotopic (exact) mass is 293 g/mol. The van der Waals surface area contributed by atoms with Gasteiger partial charge in [0, 0.05) is 18.3 Å². The Morgan fingerprint density at radius 2 is 2.00 bits per heavy atom. The van der Waals surface area contributed by atoms with Gasteiger partial charge in [0.2, 0.25) is 11.8 Å². The van der Waals surface area contributed by atoms with Crippen molar-refractivity contribution in [3.05, 3.63) is 24.3 Å². The molecular weight excluding hydrogens is 270 g/mol. The molecule has 1 aromatic carbocycles. The van der Waals surface area contributed by atoms with Crippen LogP contribution in [-0.2, 0) is 9.59 Å². The minimum Gasteiger partial charge on any atom is -0.497 e. The number of anilines is 1. The molecule has 21 heavy (non-hydrogen) atoms. The number of carbonyl (C=O) groups excluding carboxylic acids is 2. The Balaban J connectivity index is 2.30. The molecule has 0 saturated heterocycles. The molecule has 0 aliphatic heterocycles. The SMILES string of the molecule is COc1cccc(NC(=O)CC(=O)NCCCN(C)C)c1. The van der Waals surface area contributed by atoms with Crippen molar-refractivity contribution in [1.29, 1.82) is 0 Å². The molecule has 0 radical (unpaired) electrons. The molecule has 0 atom stereocenters. The smallest absolute Gasteiger partial charge is 0.233 e.